The molecule has 0 radical (unpaired) electrons. The molecule has 0 fully saturated rings. The number of nitro benzene ring substituents is 2. The van der Waals surface area contributed by atoms with E-state index in [4.69, 9.17) is 43.7 Å². The number of carbonyl (C=O) groups excluding carboxylic acids is 3. The van der Waals surface area contributed by atoms with Crippen molar-refractivity contribution in [3.8, 4) is 0 Å². The van der Waals surface area contributed by atoms with Gasteiger partial charge in [-0.3, -0.25) is 39.2 Å². The average molecular weight is 857 g/mol. The minimum absolute atomic E-state index is 0.0109. The Bertz CT molecular complexity index is 1970. The molecule has 57 heavy (non-hydrogen) atoms. The molecule has 0 saturated carbocycles. The summed E-state index contributed by atoms with van der Waals surface area (Å²) in [6.07, 6.45) is 5.92. The van der Waals surface area contributed by atoms with Crippen molar-refractivity contribution in [2.45, 2.75) is 91.6 Å². The highest BCUT2D eigenvalue weighted by Crippen LogP contribution is 2.40. The fourth-order valence-electron chi connectivity index (χ4n) is 5.74. The molecule has 312 valence electrons. The Morgan fingerprint density at radius 1 is 1.05 bits per heavy atom. The van der Waals surface area contributed by atoms with Crippen LogP contribution in [0.1, 0.15) is 82.4 Å². The highest BCUT2D eigenvalue weighted by molar-refractivity contribution is 7.57. The topological polar surface area (TPSA) is 263 Å². The van der Waals surface area contributed by atoms with Crippen molar-refractivity contribution >= 4 is 83.1 Å². The van der Waals surface area contributed by atoms with E-state index in [2.05, 4.69) is 5.32 Å². The van der Waals surface area contributed by atoms with Crippen molar-refractivity contribution < 1.29 is 48.3 Å². The van der Waals surface area contributed by atoms with E-state index in [1.165, 1.54) is 23.7 Å². The second-order valence-electron chi connectivity index (χ2n) is 13.3. The molecule has 1 aliphatic heterocycles. The van der Waals surface area contributed by atoms with Crippen LogP contribution in [0.3, 0.4) is 0 Å². The third-order valence-electron chi connectivity index (χ3n) is 9.06. The number of nitrogens with zero attached hydrogens (tertiary/aromatic N) is 3. The molecule has 0 spiro atoms. The fourth-order valence-corrected chi connectivity index (χ4v) is 6.85. The van der Waals surface area contributed by atoms with E-state index < -0.39 is 35.2 Å². The predicted molar refractivity (Wildman–Crippen MR) is 218 cm³/mol. The largest absolute Gasteiger partial charge is 0.480 e. The third kappa shape index (κ3) is 13.5. The second kappa shape index (κ2) is 21.7. The van der Waals surface area contributed by atoms with Crippen LogP contribution in [0.15, 0.2) is 40.4 Å². The van der Waals surface area contributed by atoms with E-state index in [1.807, 2.05) is 13.8 Å². The van der Waals surface area contributed by atoms with E-state index in [0.717, 1.165) is 25.7 Å². The number of carboxylic acids is 1. The first kappa shape index (κ1) is 48.5. The Morgan fingerprint density at radius 3 is 2.07 bits per heavy atom. The molecule has 0 aromatic heterocycles. The van der Waals surface area contributed by atoms with Crippen LogP contribution in [0.5, 0.6) is 0 Å². The van der Waals surface area contributed by atoms with Crippen LogP contribution >= 0.6 is 30.6 Å². The minimum atomic E-state index is -3.10. The molecule has 0 saturated heterocycles. The Balaban J connectivity index is 0.000000321. The number of ether oxygens (including phenoxy) is 1. The van der Waals surface area contributed by atoms with Crippen molar-refractivity contribution in [3.05, 3.63) is 82.4 Å². The summed E-state index contributed by atoms with van der Waals surface area (Å²) in [6.45, 7) is 10.2. The zero-order valence-corrected chi connectivity index (χ0v) is 34.9. The smallest absolute Gasteiger partial charge is 0.349 e. The number of imide groups is 1. The molecule has 2 atom stereocenters. The average Bonchev–Trinajstić information content (AvgIpc) is 3.40. The number of rotatable bonds is 14. The fraction of sp³-hybridized carbons (Fsp3) is 0.459. The molecule has 17 nitrogen and oxygen atoms in total. The van der Waals surface area contributed by atoms with E-state index >= 15 is 0 Å². The summed E-state index contributed by atoms with van der Waals surface area (Å²) in [7, 11) is -3.10. The van der Waals surface area contributed by atoms with Crippen LogP contribution in [0, 0.1) is 34.1 Å². The molecule has 2 aromatic rings. The molecule has 1 heterocycles. The van der Waals surface area contributed by atoms with Gasteiger partial charge in [-0.1, -0.05) is 37.0 Å². The molecular weight excluding hydrogens is 808 g/mol. The summed E-state index contributed by atoms with van der Waals surface area (Å²) in [5.74, 6) is -2.36. The maximum atomic E-state index is 12.7. The number of benzene rings is 2. The molecule has 1 aliphatic carbocycles. The van der Waals surface area contributed by atoms with Gasteiger partial charge in [-0.2, -0.15) is 0 Å². The van der Waals surface area contributed by atoms with Gasteiger partial charge in [-0.25, -0.2) is 9.69 Å². The number of nitrogens with one attached hydrogen (secondary N) is 1. The second-order valence-corrected chi connectivity index (χ2v) is 16.6. The number of carboxylic acid groups (broad SMARTS) is 1. The number of halogens is 2. The van der Waals surface area contributed by atoms with E-state index in [1.54, 1.807) is 39.0 Å². The van der Waals surface area contributed by atoms with Gasteiger partial charge >= 0.3 is 17.6 Å². The molecule has 4 rings (SSSR count). The van der Waals surface area contributed by atoms with Gasteiger partial charge in [0.2, 0.25) is 0 Å². The lowest BCUT2D eigenvalue weighted by Gasteiger charge is -2.17. The monoisotopic (exact) mass is 855 g/mol. The van der Waals surface area contributed by atoms with Crippen LogP contribution in [0.25, 0.3) is 6.08 Å². The first-order valence-electron chi connectivity index (χ1n) is 18.0. The maximum absolute atomic E-state index is 12.7. The molecule has 2 unspecified atom stereocenters. The lowest BCUT2D eigenvalue weighted by molar-refractivity contribution is -0.392. The summed E-state index contributed by atoms with van der Waals surface area (Å²) >= 11 is 12.1. The van der Waals surface area contributed by atoms with Crippen molar-refractivity contribution in [3.63, 3.8) is 0 Å². The third-order valence-corrected chi connectivity index (χ3v) is 10.8. The molecule has 20 heteroatoms. The standard InChI is InChI=1S/C19H17Cl2NO4.C13H19N3O4.C5H12NO4P/c1-2-26-19(25)16(21)10-11-9-12(7-8-15(11)20)22-17(23)13-5-3-4-6-14(13)18(22)24;1-5-10(6-2)14-12-11(15(17)18)7-8(3)9(4)13(12)16(19)20;1-11(9,10)3-2-4(6)5(7)8/h7-10H,2-6H2,1H3;7,10,14H,5-6H2,1-4H3;4H,2-3,6H2,1H3,(H,7,8)(H,9,10)/b16-10-;;. The van der Waals surface area contributed by atoms with Crippen LogP contribution in [-0.4, -0.2) is 75.1 Å². The number of aliphatic carboxylic acids is 1. The highest BCUT2D eigenvalue weighted by Gasteiger charge is 2.40. The first-order chi connectivity index (χ1) is 26.6. The number of carbonyl (C=O) groups is 4. The molecule has 5 N–H and O–H groups in total. The van der Waals surface area contributed by atoms with Crippen LogP contribution in [0.2, 0.25) is 5.02 Å². The number of nitro groups is 2. The molecule has 2 aliphatic rings. The van der Waals surface area contributed by atoms with Gasteiger partial charge in [-0.05, 0) is 101 Å². The molecule has 2 amide bonds. The van der Waals surface area contributed by atoms with Gasteiger partial charge in [0.25, 0.3) is 17.5 Å². The zero-order valence-electron chi connectivity index (χ0n) is 32.5. The lowest BCUT2D eigenvalue weighted by Crippen LogP contribution is -2.31. The number of hydrogen-bond donors (Lipinski definition) is 4. The van der Waals surface area contributed by atoms with Gasteiger partial charge in [0.05, 0.1) is 22.1 Å². The lowest BCUT2D eigenvalue weighted by atomic mass is 9.93. The van der Waals surface area contributed by atoms with Gasteiger partial charge in [0.15, 0.2) is 13.1 Å². The Hall–Kier alpha value is -4.67. The first-order valence-corrected chi connectivity index (χ1v) is 21.1. The van der Waals surface area contributed by atoms with Crippen molar-refractivity contribution in [1.82, 2.24) is 0 Å². The van der Waals surface area contributed by atoms with Gasteiger partial charge in [-0.15, -0.1) is 0 Å². The number of nitrogens with two attached hydrogens (primary N) is 1. The molecule has 2 aromatic carbocycles. The van der Waals surface area contributed by atoms with Crippen LogP contribution in [0.4, 0.5) is 22.7 Å². The predicted octanol–water partition coefficient (Wildman–Crippen LogP) is 7.64. The summed E-state index contributed by atoms with van der Waals surface area (Å²) in [5, 5.41) is 33.9. The van der Waals surface area contributed by atoms with Gasteiger partial charge < -0.3 is 25.8 Å². The Morgan fingerprint density at radius 2 is 1.61 bits per heavy atom. The minimum Gasteiger partial charge on any atom is -0.480 e. The Kier molecular flexibility index (Phi) is 18.5. The van der Waals surface area contributed by atoms with E-state index in [0.29, 0.717) is 51.4 Å². The van der Waals surface area contributed by atoms with Crippen LogP contribution in [-0.2, 0) is 28.5 Å². The maximum Gasteiger partial charge on any atom is 0.349 e. The summed E-state index contributed by atoms with van der Waals surface area (Å²) < 4.78 is 15.5. The summed E-state index contributed by atoms with van der Waals surface area (Å²) in [4.78, 5) is 78.3. The van der Waals surface area contributed by atoms with Gasteiger partial charge in [0.1, 0.15) is 11.1 Å². The van der Waals surface area contributed by atoms with Crippen LogP contribution < -0.4 is 16.0 Å². The van der Waals surface area contributed by atoms with E-state index in [9.17, 15) is 44.0 Å². The normalized spacial score (nSPS) is 15.4. The Labute approximate surface area is 340 Å². The molecular formula is C37H48Cl2N5O12P. The SMILES string of the molecule is CCC(CC)Nc1c([N+](=O)[O-])cc(C)c(C)c1[N+](=O)[O-].CCOC(=O)/C(Cl)=C/c1cc(N2C(=O)C3=C(CCCC3)C2=O)ccc1Cl.CP(=O)(O)CCC(N)C(=O)O. The number of hydrogen-bond acceptors (Lipinski definition) is 12. The van der Waals surface area contributed by atoms with E-state index in [-0.39, 0.29) is 59.1 Å². The highest BCUT2D eigenvalue weighted by atomic mass is 35.5. The summed E-state index contributed by atoms with van der Waals surface area (Å²) in [5.41, 5.74) is 7.69. The van der Waals surface area contributed by atoms with Crippen molar-refractivity contribution in [1.29, 1.82) is 0 Å². The molecule has 0 bridgehead atoms. The quantitative estimate of drug-likeness (QED) is 0.0355. The number of esters is 1. The number of amides is 2. The summed E-state index contributed by atoms with van der Waals surface area (Å²) in [6, 6.07) is 5.05. The zero-order chi connectivity index (χ0) is 43.4. The number of aryl methyl sites for hydroxylation is 1. The van der Waals surface area contributed by atoms with Crippen molar-refractivity contribution in [2.24, 2.45) is 5.73 Å². The number of anilines is 2. The van der Waals surface area contributed by atoms with Crippen molar-refractivity contribution in [2.75, 3.05) is 29.7 Å². The van der Waals surface area contributed by atoms with Gasteiger partial charge in [0, 0.05) is 46.7 Å².